The molecule has 4 rings (SSSR count). The first kappa shape index (κ1) is 27.6. The van der Waals surface area contributed by atoms with E-state index < -0.39 is 5.60 Å². The Bertz CT molecular complexity index is 1160. The van der Waals surface area contributed by atoms with Gasteiger partial charge >= 0.3 is 6.09 Å². The van der Waals surface area contributed by atoms with Crippen LogP contribution in [0, 0.1) is 12.8 Å². The first-order valence-electron chi connectivity index (χ1n) is 13.7. The average molecular weight is 521 g/mol. The molecule has 0 unspecified atom stereocenters. The maximum atomic E-state index is 13.3. The Morgan fingerprint density at radius 2 is 1.76 bits per heavy atom. The van der Waals surface area contributed by atoms with Gasteiger partial charge in [0.25, 0.3) is 0 Å². The van der Waals surface area contributed by atoms with E-state index in [1.54, 1.807) is 4.90 Å². The number of benzene rings is 1. The Morgan fingerprint density at radius 3 is 2.32 bits per heavy atom. The van der Waals surface area contributed by atoms with Crippen molar-refractivity contribution in [3.63, 3.8) is 0 Å². The van der Waals surface area contributed by atoms with Crippen molar-refractivity contribution < 1.29 is 19.1 Å². The minimum absolute atomic E-state index is 0.0643. The Morgan fingerprint density at radius 1 is 1.08 bits per heavy atom. The van der Waals surface area contributed by atoms with Crippen LogP contribution in [0.25, 0.3) is 11.1 Å². The van der Waals surface area contributed by atoms with Gasteiger partial charge in [-0.25, -0.2) is 9.78 Å². The number of nitrogens with zero attached hydrogens (tertiary/aromatic N) is 4. The minimum Gasteiger partial charge on any atom is -0.444 e. The molecule has 1 saturated carbocycles. The molecule has 0 N–H and O–H groups in total. The zero-order valence-corrected chi connectivity index (χ0v) is 23.3. The van der Waals surface area contributed by atoms with Gasteiger partial charge in [0.15, 0.2) is 0 Å². The topological polar surface area (TPSA) is 83.1 Å². The SMILES string of the molecule is CCN(C(=O)C1CCCC1)c1cc(-c2ccc(N3CCN(C(=O)OC(C)(C)C)CC3)nc2)cc(C=O)c1C. The maximum Gasteiger partial charge on any atom is 0.410 e. The third kappa shape index (κ3) is 6.17. The molecular weight excluding hydrogens is 480 g/mol. The van der Waals surface area contributed by atoms with Crippen molar-refractivity contribution in [1.29, 1.82) is 0 Å². The number of anilines is 2. The summed E-state index contributed by atoms with van der Waals surface area (Å²) >= 11 is 0. The first-order chi connectivity index (χ1) is 18.1. The minimum atomic E-state index is -0.511. The van der Waals surface area contributed by atoms with Crippen LogP contribution in [0.1, 0.15) is 69.3 Å². The second-order valence-corrected chi connectivity index (χ2v) is 11.3. The zero-order chi connectivity index (χ0) is 27.4. The second-order valence-electron chi connectivity index (χ2n) is 11.3. The summed E-state index contributed by atoms with van der Waals surface area (Å²) in [6.07, 6.45) is 6.46. The highest BCUT2D eigenvalue weighted by atomic mass is 16.6. The average Bonchev–Trinajstić information content (AvgIpc) is 3.44. The number of carbonyl (C=O) groups is 3. The number of carbonyl (C=O) groups excluding carboxylic acids is 3. The van der Waals surface area contributed by atoms with E-state index in [4.69, 9.17) is 9.72 Å². The predicted molar refractivity (Wildman–Crippen MR) is 150 cm³/mol. The number of aromatic nitrogens is 1. The van der Waals surface area contributed by atoms with Crippen molar-refractivity contribution in [2.24, 2.45) is 5.92 Å². The number of ether oxygens (including phenoxy) is 1. The van der Waals surface area contributed by atoms with Gasteiger partial charge in [0.2, 0.25) is 5.91 Å². The Kier molecular flexibility index (Phi) is 8.38. The van der Waals surface area contributed by atoms with Gasteiger partial charge in [-0.15, -0.1) is 0 Å². The van der Waals surface area contributed by atoms with Crippen LogP contribution < -0.4 is 9.80 Å². The monoisotopic (exact) mass is 520 g/mol. The highest BCUT2D eigenvalue weighted by molar-refractivity contribution is 5.98. The number of aldehydes is 1. The quantitative estimate of drug-likeness (QED) is 0.470. The van der Waals surface area contributed by atoms with Crippen molar-refractivity contribution in [1.82, 2.24) is 9.88 Å². The van der Waals surface area contributed by atoms with Gasteiger partial charge in [0.1, 0.15) is 17.7 Å². The Balaban J connectivity index is 1.51. The van der Waals surface area contributed by atoms with E-state index in [0.29, 0.717) is 38.3 Å². The number of pyridine rings is 1. The van der Waals surface area contributed by atoms with Gasteiger partial charge in [0, 0.05) is 61.7 Å². The molecule has 0 atom stereocenters. The Labute approximate surface area is 226 Å². The van der Waals surface area contributed by atoms with Crippen molar-refractivity contribution in [3.05, 3.63) is 41.6 Å². The molecule has 2 fully saturated rings. The molecule has 1 aliphatic heterocycles. The molecule has 2 aliphatic rings. The molecule has 8 heteroatoms. The van der Waals surface area contributed by atoms with Crippen LogP contribution >= 0.6 is 0 Å². The Hall–Kier alpha value is -3.42. The summed E-state index contributed by atoms with van der Waals surface area (Å²) in [7, 11) is 0. The smallest absolute Gasteiger partial charge is 0.410 e. The normalized spacial score (nSPS) is 16.4. The largest absolute Gasteiger partial charge is 0.444 e. The van der Waals surface area contributed by atoms with Gasteiger partial charge < -0.3 is 19.4 Å². The molecule has 1 aliphatic carbocycles. The van der Waals surface area contributed by atoms with E-state index in [1.807, 2.05) is 70.0 Å². The van der Waals surface area contributed by atoms with E-state index >= 15 is 0 Å². The summed E-state index contributed by atoms with van der Waals surface area (Å²) < 4.78 is 5.49. The molecule has 1 saturated heterocycles. The first-order valence-corrected chi connectivity index (χ1v) is 13.7. The summed E-state index contributed by atoms with van der Waals surface area (Å²) in [4.78, 5) is 48.1. The van der Waals surface area contributed by atoms with Gasteiger partial charge in [-0.1, -0.05) is 12.8 Å². The third-order valence-electron chi connectivity index (χ3n) is 7.46. The summed E-state index contributed by atoms with van der Waals surface area (Å²) in [6.45, 7) is 12.6. The van der Waals surface area contributed by atoms with Gasteiger partial charge in [-0.2, -0.15) is 0 Å². The number of hydrogen-bond acceptors (Lipinski definition) is 6. The van der Waals surface area contributed by atoms with Crippen molar-refractivity contribution in [2.45, 2.75) is 65.9 Å². The van der Waals surface area contributed by atoms with Crippen LogP contribution in [0.15, 0.2) is 30.5 Å². The van der Waals surface area contributed by atoms with E-state index in [2.05, 4.69) is 4.90 Å². The predicted octanol–water partition coefficient (Wildman–Crippen LogP) is 5.47. The van der Waals surface area contributed by atoms with Crippen LogP contribution in [0.4, 0.5) is 16.3 Å². The van der Waals surface area contributed by atoms with Gasteiger partial charge in [0.05, 0.1) is 0 Å². The standard InChI is InChI=1S/C30H40N4O4/c1-6-34(28(36)22-9-7-8-10-22)26-18-24(17-25(20-35)21(26)2)23-11-12-27(31-19-23)32-13-15-33(16-14-32)29(37)38-30(3,4)5/h11-12,17-20,22H,6-10,13-16H2,1-5H3. The summed E-state index contributed by atoms with van der Waals surface area (Å²) in [5.74, 6) is 1.06. The van der Waals surface area contributed by atoms with E-state index in [-0.39, 0.29) is 17.9 Å². The van der Waals surface area contributed by atoms with Crippen LogP contribution in [-0.2, 0) is 9.53 Å². The molecule has 1 aromatic carbocycles. The lowest BCUT2D eigenvalue weighted by Gasteiger charge is -2.36. The fourth-order valence-electron chi connectivity index (χ4n) is 5.32. The second kappa shape index (κ2) is 11.5. The molecule has 2 heterocycles. The summed E-state index contributed by atoms with van der Waals surface area (Å²) in [6, 6.07) is 7.85. The van der Waals surface area contributed by atoms with Gasteiger partial charge in [-0.3, -0.25) is 9.59 Å². The molecule has 8 nitrogen and oxygen atoms in total. The number of hydrogen-bond donors (Lipinski definition) is 0. The molecular formula is C30H40N4O4. The molecule has 0 radical (unpaired) electrons. The highest BCUT2D eigenvalue weighted by Gasteiger charge is 2.29. The lowest BCUT2D eigenvalue weighted by molar-refractivity contribution is -0.122. The molecule has 2 amide bonds. The molecule has 0 bridgehead atoms. The van der Waals surface area contributed by atoms with Crippen molar-refractivity contribution >= 4 is 29.8 Å². The maximum absolute atomic E-state index is 13.3. The van der Waals surface area contributed by atoms with Crippen LogP contribution in [0.2, 0.25) is 0 Å². The fraction of sp³-hybridized carbons (Fsp3) is 0.533. The molecule has 204 valence electrons. The molecule has 0 spiro atoms. The number of rotatable bonds is 6. The van der Waals surface area contributed by atoms with Crippen molar-refractivity contribution in [2.75, 3.05) is 42.5 Å². The highest BCUT2D eigenvalue weighted by Crippen LogP contribution is 2.34. The van der Waals surface area contributed by atoms with Crippen LogP contribution in [0.5, 0.6) is 0 Å². The van der Waals surface area contributed by atoms with Crippen molar-refractivity contribution in [3.8, 4) is 11.1 Å². The number of piperazine rings is 1. The van der Waals surface area contributed by atoms with E-state index in [9.17, 15) is 14.4 Å². The van der Waals surface area contributed by atoms with Crippen LogP contribution in [-0.4, -0.2) is 66.5 Å². The lowest BCUT2D eigenvalue weighted by atomic mass is 9.97. The molecule has 1 aromatic heterocycles. The fourth-order valence-corrected chi connectivity index (χ4v) is 5.32. The third-order valence-corrected chi connectivity index (χ3v) is 7.46. The zero-order valence-electron chi connectivity index (χ0n) is 23.3. The van der Waals surface area contributed by atoms with E-state index in [1.165, 1.54) is 0 Å². The number of amides is 2. The summed E-state index contributed by atoms with van der Waals surface area (Å²) in [5.41, 5.74) is 3.44. The molecule has 38 heavy (non-hydrogen) atoms. The summed E-state index contributed by atoms with van der Waals surface area (Å²) in [5, 5.41) is 0. The lowest BCUT2D eigenvalue weighted by Crippen LogP contribution is -2.50. The van der Waals surface area contributed by atoms with E-state index in [0.717, 1.165) is 60.2 Å². The van der Waals surface area contributed by atoms with Crippen LogP contribution in [0.3, 0.4) is 0 Å². The molecule has 2 aromatic rings. The van der Waals surface area contributed by atoms with Gasteiger partial charge in [-0.05, 0) is 82.9 Å².